The van der Waals surface area contributed by atoms with Gasteiger partial charge in [-0.2, -0.15) is 4.98 Å². The Morgan fingerprint density at radius 3 is 2.92 bits per heavy atom. The van der Waals surface area contributed by atoms with E-state index in [0.29, 0.717) is 11.6 Å². The van der Waals surface area contributed by atoms with Gasteiger partial charge in [0.1, 0.15) is 0 Å². The van der Waals surface area contributed by atoms with Crippen molar-refractivity contribution < 1.29 is 4.42 Å². The molecule has 0 aromatic carbocycles. The van der Waals surface area contributed by atoms with Crippen molar-refractivity contribution in [3.05, 3.63) is 23.2 Å². The smallest absolute Gasteiger partial charge is 0.218 e. The van der Waals surface area contributed by atoms with E-state index in [1.54, 1.807) is 6.26 Å². The average molecular weight is 184 g/mol. The first kappa shape index (κ1) is 7.36. The molecule has 2 aromatic heterocycles. The van der Waals surface area contributed by atoms with E-state index in [1.165, 1.54) is 0 Å². The number of furan rings is 1. The Morgan fingerprint density at radius 2 is 2.42 bits per heavy atom. The van der Waals surface area contributed by atoms with Gasteiger partial charge in [-0.1, -0.05) is 0 Å². The number of aromatic nitrogens is 3. The number of hydrogen-bond donors (Lipinski definition) is 1. The van der Waals surface area contributed by atoms with Crippen LogP contribution in [0.4, 0.5) is 0 Å². The van der Waals surface area contributed by atoms with Crippen molar-refractivity contribution in [1.29, 1.82) is 0 Å². The fourth-order valence-electron chi connectivity index (χ4n) is 0.945. The summed E-state index contributed by atoms with van der Waals surface area (Å²) in [6.07, 6.45) is 1.59. The predicted molar refractivity (Wildman–Crippen MR) is 43.8 cm³/mol. The van der Waals surface area contributed by atoms with Gasteiger partial charge in [-0.05, 0) is 30.2 Å². The van der Waals surface area contributed by atoms with Gasteiger partial charge in [0.2, 0.25) is 11.1 Å². The van der Waals surface area contributed by atoms with E-state index in [9.17, 15) is 0 Å². The van der Waals surface area contributed by atoms with E-state index in [1.807, 2.05) is 13.0 Å². The van der Waals surface area contributed by atoms with Gasteiger partial charge in [0.25, 0.3) is 0 Å². The van der Waals surface area contributed by atoms with Crippen LogP contribution in [0.15, 0.2) is 16.7 Å². The third kappa shape index (κ3) is 1.10. The normalized spacial score (nSPS) is 10.5. The number of nitrogens with zero attached hydrogens (tertiary/aromatic N) is 2. The molecule has 0 aliphatic heterocycles. The second-order valence-corrected chi connectivity index (χ2v) is 2.74. The maximum absolute atomic E-state index is 5.56. The number of aromatic amines is 1. The lowest BCUT2D eigenvalue weighted by Crippen LogP contribution is -1.79. The lowest BCUT2D eigenvalue weighted by molar-refractivity contribution is 0.576. The van der Waals surface area contributed by atoms with Crippen LogP contribution in [0.3, 0.4) is 0 Å². The highest BCUT2D eigenvalue weighted by atomic mass is 35.5. The van der Waals surface area contributed by atoms with Crippen molar-refractivity contribution in [1.82, 2.24) is 15.2 Å². The molecule has 0 saturated heterocycles. The number of aryl methyl sites for hydroxylation is 1. The number of hydrogen-bond acceptors (Lipinski definition) is 3. The number of H-pyrrole nitrogens is 1. The van der Waals surface area contributed by atoms with Crippen molar-refractivity contribution in [2.45, 2.75) is 6.92 Å². The Kier molecular flexibility index (Phi) is 1.62. The van der Waals surface area contributed by atoms with Crippen molar-refractivity contribution in [2.24, 2.45) is 0 Å². The molecule has 0 amide bonds. The molecule has 0 aliphatic rings. The highest BCUT2D eigenvalue weighted by molar-refractivity contribution is 6.28. The quantitative estimate of drug-likeness (QED) is 0.736. The zero-order valence-corrected chi connectivity index (χ0v) is 7.09. The summed E-state index contributed by atoms with van der Waals surface area (Å²) in [7, 11) is 0. The molecular formula is C7H6ClN3O. The van der Waals surface area contributed by atoms with E-state index >= 15 is 0 Å². The first-order valence-corrected chi connectivity index (χ1v) is 3.77. The minimum absolute atomic E-state index is 0.265. The summed E-state index contributed by atoms with van der Waals surface area (Å²) in [4.78, 5) is 3.92. The van der Waals surface area contributed by atoms with E-state index in [4.69, 9.17) is 16.0 Å². The molecule has 62 valence electrons. The number of rotatable bonds is 1. The molecule has 12 heavy (non-hydrogen) atoms. The van der Waals surface area contributed by atoms with Gasteiger partial charge in [0, 0.05) is 0 Å². The van der Waals surface area contributed by atoms with E-state index in [-0.39, 0.29) is 5.28 Å². The highest BCUT2D eigenvalue weighted by Crippen LogP contribution is 2.20. The predicted octanol–water partition coefficient (Wildman–Crippen LogP) is 2.03. The Hall–Kier alpha value is -1.29. The first-order chi connectivity index (χ1) is 5.77. The zero-order chi connectivity index (χ0) is 8.55. The lowest BCUT2D eigenvalue weighted by Gasteiger charge is -1.87. The summed E-state index contributed by atoms with van der Waals surface area (Å²) in [6.45, 7) is 1.92. The van der Waals surface area contributed by atoms with Gasteiger partial charge in [-0.25, -0.2) is 5.10 Å². The van der Waals surface area contributed by atoms with Crippen molar-refractivity contribution in [3.63, 3.8) is 0 Å². The van der Waals surface area contributed by atoms with Crippen LogP contribution in [0.1, 0.15) is 5.56 Å². The number of nitrogens with one attached hydrogen (secondary N) is 1. The van der Waals surface area contributed by atoms with Gasteiger partial charge in [-0.3, -0.25) is 0 Å². The molecule has 0 radical (unpaired) electrons. The average Bonchev–Trinajstić information content (AvgIpc) is 2.58. The van der Waals surface area contributed by atoms with Gasteiger partial charge in [0.15, 0.2) is 5.76 Å². The molecule has 0 bridgehead atoms. The minimum Gasteiger partial charge on any atom is -0.461 e. The topological polar surface area (TPSA) is 54.7 Å². The summed E-state index contributed by atoms with van der Waals surface area (Å²) in [5.41, 5.74) is 0.991. The lowest BCUT2D eigenvalue weighted by atomic mass is 10.3. The fourth-order valence-corrected chi connectivity index (χ4v) is 1.07. The van der Waals surface area contributed by atoms with Crippen LogP contribution >= 0.6 is 11.6 Å². The van der Waals surface area contributed by atoms with E-state index in [2.05, 4.69) is 15.2 Å². The Bertz CT molecular complexity index is 393. The molecule has 0 saturated carbocycles. The largest absolute Gasteiger partial charge is 0.461 e. The molecular weight excluding hydrogens is 178 g/mol. The monoisotopic (exact) mass is 183 g/mol. The van der Waals surface area contributed by atoms with E-state index < -0.39 is 0 Å². The van der Waals surface area contributed by atoms with E-state index in [0.717, 1.165) is 5.56 Å². The van der Waals surface area contributed by atoms with Gasteiger partial charge in [-0.15, -0.1) is 5.10 Å². The molecule has 0 unspecified atom stereocenters. The summed E-state index contributed by atoms with van der Waals surface area (Å²) in [5.74, 6) is 1.14. The third-order valence-electron chi connectivity index (χ3n) is 1.52. The van der Waals surface area contributed by atoms with Crippen LogP contribution < -0.4 is 0 Å². The molecule has 2 aromatic rings. The van der Waals surface area contributed by atoms with Crippen LogP contribution in [-0.2, 0) is 0 Å². The van der Waals surface area contributed by atoms with Crippen LogP contribution in [-0.4, -0.2) is 15.2 Å². The molecule has 0 aliphatic carbocycles. The van der Waals surface area contributed by atoms with Gasteiger partial charge < -0.3 is 4.42 Å². The number of halogens is 1. The molecule has 0 spiro atoms. The second-order valence-electron chi connectivity index (χ2n) is 2.38. The Morgan fingerprint density at radius 1 is 1.58 bits per heavy atom. The zero-order valence-electron chi connectivity index (χ0n) is 6.34. The standard InChI is InChI=1S/C7H6ClN3O/c1-4-2-3-12-5(4)6-9-7(8)11-10-6/h2-3H,1H3,(H,9,10,11). The van der Waals surface area contributed by atoms with Crippen LogP contribution in [0.2, 0.25) is 5.28 Å². The summed E-state index contributed by atoms with van der Waals surface area (Å²) < 4.78 is 5.16. The maximum Gasteiger partial charge on any atom is 0.218 e. The minimum atomic E-state index is 0.265. The summed E-state index contributed by atoms with van der Waals surface area (Å²) in [5, 5.41) is 6.65. The van der Waals surface area contributed by atoms with Crippen molar-refractivity contribution in [3.8, 4) is 11.6 Å². The fraction of sp³-hybridized carbons (Fsp3) is 0.143. The molecule has 0 fully saturated rings. The molecule has 4 nitrogen and oxygen atoms in total. The van der Waals surface area contributed by atoms with Gasteiger partial charge >= 0.3 is 0 Å². The Labute approximate surface area is 73.6 Å². The maximum atomic E-state index is 5.56. The molecule has 2 rings (SSSR count). The Balaban J connectivity index is 2.50. The van der Waals surface area contributed by atoms with Crippen LogP contribution in [0.25, 0.3) is 11.6 Å². The SMILES string of the molecule is Cc1ccoc1-c1n[nH]c(Cl)n1. The highest BCUT2D eigenvalue weighted by Gasteiger charge is 2.09. The van der Waals surface area contributed by atoms with Gasteiger partial charge in [0.05, 0.1) is 6.26 Å². The summed E-state index contributed by atoms with van der Waals surface area (Å²) in [6, 6.07) is 1.85. The third-order valence-corrected chi connectivity index (χ3v) is 1.69. The van der Waals surface area contributed by atoms with Crippen LogP contribution in [0.5, 0.6) is 0 Å². The first-order valence-electron chi connectivity index (χ1n) is 3.40. The van der Waals surface area contributed by atoms with Crippen molar-refractivity contribution in [2.75, 3.05) is 0 Å². The molecule has 2 heterocycles. The summed E-state index contributed by atoms with van der Waals surface area (Å²) >= 11 is 5.56. The molecule has 0 atom stereocenters. The van der Waals surface area contributed by atoms with Crippen LogP contribution in [0, 0.1) is 6.92 Å². The molecule has 5 heteroatoms. The molecule has 1 N–H and O–H groups in total. The van der Waals surface area contributed by atoms with Crippen molar-refractivity contribution >= 4 is 11.6 Å². The second kappa shape index (κ2) is 2.64.